The highest BCUT2D eigenvalue weighted by Gasteiger charge is 2.34. The fraction of sp³-hybridized carbons (Fsp3) is 0.773. The average molecular weight is 470 g/mol. The summed E-state index contributed by atoms with van der Waals surface area (Å²) in [6, 6.07) is 0.459. The van der Waals surface area contributed by atoms with Crippen LogP contribution in [-0.4, -0.2) is 57.5 Å². The first kappa shape index (κ1) is 24.3. The lowest BCUT2D eigenvalue weighted by atomic mass is 9.90. The predicted molar refractivity (Wildman–Crippen MR) is 125 cm³/mol. The molecule has 0 aromatic carbocycles. The number of hydrogen-bond donors (Lipinski definition) is 2. The molecule has 2 saturated carbocycles. The molecule has 1 aromatic rings. The minimum absolute atomic E-state index is 0.00682. The monoisotopic (exact) mass is 469 g/mol. The summed E-state index contributed by atoms with van der Waals surface area (Å²) >= 11 is 2.57. The van der Waals surface area contributed by atoms with Gasteiger partial charge in [-0.15, -0.1) is 11.8 Å². The van der Waals surface area contributed by atoms with Crippen LogP contribution in [0.3, 0.4) is 0 Å². The third-order valence-corrected chi connectivity index (χ3v) is 8.18. The van der Waals surface area contributed by atoms with Crippen LogP contribution in [0, 0.1) is 0 Å². The molecule has 2 aliphatic rings. The highest BCUT2D eigenvalue weighted by Crippen LogP contribution is 2.33. The van der Waals surface area contributed by atoms with Crippen molar-refractivity contribution in [2.24, 2.45) is 0 Å². The van der Waals surface area contributed by atoms with E-state index in [2.05, 4.69) is 22.1 Å². The van der Waals surface area contributed by atoms with Gasteiger partial charge in [-0.3, -0.25) is 10.1 Å². The molecule has 0 aliphatic heterocycles. The molecule has 0 bridgehead atoms. The number of hydrogen-bond acceptors (Lipinski definition) is 6. The van der Waals surface area contributed by atoms with Gasteiger partial charge >= 0.3 is 12.0 Å². The zero-order valence-corrected chi connectivity index (χ0v) is 20.0. The Kier molecular flexibility index (Phi) is 9.93. The van der Waals surface area contributed by atoms with Gasteiger partial charge in [0, 0.05) is 18.7 Å². The van der Waals surface area contributed by atoms with Gasteiger partial charge in [0.1, 0.15) is 0 Å². The molecule has 0 radical (unpaired) electrons. The molecule has 0 atom stereocenters. The maximum Gasteiger partial charge on any atom is 0.324 e. The van der Waals surface area contributed by atoms with Gasteiger partial charge in [0.15, 0.2) is 5.13 Å². The minimum Gasteiger partial charge on any atom is -0.481 e. The van der Waals surface area contributed by atoms with Gasteiger partial charge < -0.3 is 14.7 Å². The van der Waals surface area contributed by atoms with Gasteiger partial charge in [-0.05, 0) is 44.9 Å². The molecule has 31 heavy (non-hydrogen) atoms. The summed E-state index contributed by atoms with van der Waals surface area (Å²) in [5.74, 6) is -0.866. The van der Waals surface area contributed by atoms with E-state index in [0.29, 0.717) is 11.2 Å². The second-order valence-electron chi connectivity index (χ2n) is 8.45. The SMILES string of the molecule is CCCOC1CCC(N(C(=O)Nc2ncc(SCC(=O)O)s2)C2CCCCCC2)CC1. The standard InChI is InChI=1S/C22H35N3O4S2/c1-2-13-29-18-11-9-17(10-12-18)25(16-7-5-3-4-6-8-16)22(28)24-21-23-14-20(31-21)30-15-19(26)27/h14,16-18H,2-13,15H2,1H3,(H,26,27)(H,23,24,28). The van der Waals surface area contributed by atoms with E-state index >= 15 is 0 Å². The number of carbonyl (C=O) groups excluding carboxylic acids is 1. The van der Waals surface area contributed by atoms with Crippen LogP contribution in [0.5, 0.6) is 0 Å². The molecule has 174 valence electrons. The third kappa shape index (κ3) is 7.64. The number of urea groups is 1. The quantitative estimate of drug-likeness (QED) is 0.360. The van der Waals surface area contributed by atoms with Crippen LogP contribution in [0.1, 0.15) is 77.6 Å². The van der Waals surface area contributed by atoms with Crippen LogP contribution < -0.4 is 5.32 Å². The second-order valence-corrected chi connectivity index (χ2v) is 10.8. The Labute approximate surface area is 193 Å². The maximum absolute atomic E-state index is 13.4. The number of thioether (sulfide) groups is 1. The second kappa shape index (κ2) is 12.6. The van der Waals surface area contributed by atoms with Crippen LogP contribution in [0.25, 0.3) is 0 Å². The molecule has 1 aromatic heterocycles. The molecular formula is C22H35N3O4S2. The summed E-state index contributed by atoms with van der Waals surface area (Å²) in [6.07, 6.45) is 14.0. The average Bonchev–Trinajstić information content (AvgIpc) is 3.03. The van der Waals surface area contributed by atoms with Crippen molar-refractivity contribution in [2.45, 2.75) is 99.9 Å². The van der Waals surface area contributed by atoms with Crippen LogP contribution in [0.4, 0.5) is 9.93 Å². The topological polar surface area (TPSA) is 91.8 Å². The van der Waals surface area contributed by atoms with Crippen LogP contribution in [0.2, 0.25) is 0 Å². The summed E-state index contributed by atoms with van der Waals surface area (Å²) < 4.78 is 6.75. The zero-order valence-electron chi connectivity index (χ0n) is 18.4. The molecule has 2 fully saturated rings. The van der Waals surface area contributed by atoms with E-state index in [0.717, 1.165) is 55.8 Å². The van der Waals surface area contributed by atoms with E-state index in [1.54, 1.807) is 6.20 Å². The number of amides is 2. The molecule has 0 spiro atoms. The van der Waals surface area contributed by atoms with Gasteiger partial charge in [-0.25, -0.2) is 9.78 Å². The van der Waals surface area contributed by atoms with Gasteiger partial charge in [-0.2, -0.15) is 0 Å². The highest BCUT2D eigenvalue weighted by molar-refractivity contribution is 8.01. The number of aromatic nitrogens is 1. The van der Waals surface area contributed by atoms with Crippen molar-refractivity contribution >= 4 is 40.2 Å². The lowest BCUT2D eigenvalue weighted by Gasteiger charge is -2.41. The smallest absolute Gasteiger partial charge is 0.324 e. The van der Waals surface area contributed by atoms with E-state index < -0.39 is 5.97 Å². The van der Waals surface area contributed by atoms with Crippen molar-refractivity contribution in [1.82, 2.24) is 9.88 Å². The van der Waals surface area contributed by atoms with Gasteiger partial charge in [0.25, 0.3) is 0 Å². The molecule has 1 heterocycles. The summed E-state index contributed by atoms with van der Waals surface area (Å²) in [5.41, 5.74) is 0. The van der Waals surface area contributed by atoms with Crippen LogP contribution >= 0.6 is 23.1 Å². The van der Waals surface area contributed by atoms with Crippen LogP contribution in [-0.2, 0) is 9.53 Å². The van der Waals surface area contributed by atoms with Crippen molar-refractivity contribution in [2.75, 3.05) is 17.7 Å². The first-order valence-corrected chi connectivity index (χ1v) is 13.4. The van der Waals surface area contributed by atoms with Crippen molar-refractivity contribution < 1.29 is 19.4 Å². The van der Waals surface area contributed by atoms with Gasteiger partial charge in [-0.1, -0.05) is 43.9 Å². The fourth-order valence-corrected chi connectivity index (χ4v) is 6.20. The number of carboxylic acids is 1. The molecule has 2 N–H and O–H groups in total. The van der Waals surface area contributed by atoms with Gasteiger partial charge in [0.2, 0.25) is 0 Å². The number of carbonyl (C=O) groups is 2. The van der Waals surface area contributed by atoms with Crippen LogP contribution in [0.15, 0.2) is 10.4 Å². The number of carboxylic acid groups (broad SMARTS) is 1. The zero-order chi connectivity index (χ0) is 22.1. The van der Waals surface area contributed by atoms with E-state index in [-0.39, 0.29) is 23.9 Å². The first-order chi connectivity index (χ1) is 15.1. The van der Waals surface area contributed by atoms with Crippen molar-refractivity contribution in [1.29, 1.82) is 0 Å². The number of thiazole rings is 1. The summed E-state index contributed by atoms with van der Waals surface area (Å²) in [7, 11) is 0. The molecule has 0 saturated heterocycles. The predicted octanol–water partition coefficient (Wildman–Crippen LogP) is 5.61. The first-order valence-electron chi connectivity index (χ1n) is 11.6. The Morgan fingerprint density at radius 2 is 1.84 bits per heavy atom. The van der Waals surface area contributed by atoms with Crippen molar-refractivity contribution in [3.05, 3.63) is 6.20 Å². The Bertz CT molecular complexity index is 699. The molecular weight excluding hydrogens is 434 g/mol. The molecule has 0 unspecified atom stereocenters. The number of ether oxygens (including phenoxy) is 1. The normalized spacial score (nSPS) is 22.6. The Hall–Kier alpha value is -1.32. The van der Waals surface area contributed by atoms with E-state index in [4.69, 9.17) is 9.84 Å². The molecule has 7 nitrogen and oxygen atoms in total. The summed E-state index contributed by atoms with van der Waals surface area (Å²) in [6.45, 7) is 2.95. The number of rotatable bonds is 9. The van der Waals surface area contributed by atoms with E-state index in [9.17, 15) is 9.59 Å². The Morgan fingerprint density at radius 3 is 2.48 bits per heavy atom. The Balaban J connectivity index is 1.64. The molecule has 9 heteroatoms. The van der Waals surface area contributed by atoms with Gasteiger partial charge in [0.05, 0.1) is 22.3 Å². The number of aliphatic carboxylic acids is 1. The Morgan fingerprint density at radius 1 is 1.16 bits per heavy atom. The third-order valence-electron chi connectivity index (χ3n) is 6.08. The largest absolute Gasteiger partial charge is 0.481 e. The summed E-state index contributed by atoms with van der Waals surface area (Å²) in [5, 5.41) is 12.4. The van der Waals surface area contributed by atoms with Crippen molar-refractivity contribution in [3.8, 4) is 0 Å². The molecule has 2 amide bonds. The maximum atomic E-state index is 13.4. The van der Waals surface area contributed by atoms with Crippen molar-refractivity contribution in [3.63, 3.8) is 0 Å². The lowest BCUT2D eigenvalue weighted by molar-refractivity contribution is -0.133. The number of nitrogens with zero attached hydrogens (tertiary/aromatic N) is 2. The number of anilines is 1. The molecule has 2 aliphatic carbocycles. The minimum atomic E-state index is -0.859. The van der Waals surface area contributed by atoms with E-state index in [1.807, 2.05) is 0 Å². The summed E-state index contributed by atoms with van der Waals surface area (Å²) in [4.78, 5) is 30.6. The van der Waals surface area contributed by atoms with E-state index in [1.165, 1.54) is 48.8 Å². The number of nitrogens with one attached hydrogen (secondary N) is 1. The lowest BCUT2D eigenvalue weighted by Crippen LogP contribution is -2.50. The highest BCUT2D eigenvalue weighted by atomic mass is 32.2. The molecule has 3 rings (SSSR count). The fourth-order valence-electron chi connectivity index (χ4n) is 4.61.